The number of nitrogens with zero attached hydrogens (tertiary/aromatic N) is 8. The first kappa shape index (κ1) is 27.9. The fraction of sp³-hybridized carbons (Fsp3) is 0.312. The Bertz CT molecular complexity index is 1700. The van der Waals surface area contributed by atoms with E-state index in [0.29, 0.717) is 30.4 Å². The molecule has 224 valence electrons. The second-order valence-electron chi connectivity index (χ2n) is 11.1. The number of piperidine rings is 1. The van der Waals surface area contributed by atoms with Crippen LogP contribution in [0.25, 0.3) is 22.4 Å². The number of pyridine rings is 2. The second kappa shape index (κ2) is 12.7. The number of amides is 2. The number of ether oxygens (including phenoxy) is 1. The molecule has 1 aromatic carbocycles. The summed E-state index contributed by atoms with van der Waals surface area (Å²) in [6.45, 7) is 5.72. The number of likely N-dealkylation sites (tertiary alicyclic amines) is 1. The first-order valence-electron chi connectivity index (χ1n) is 15.0. The molecule has 0 atom stereocenters. The molecule has 44 heavy (non-hydrogen) atoms. The van der Waals surface area contributed by atoms with E-state index in [2.05, 4.69) is 41.1 Å². The Morgan fingerprint density at radius 1 is 0.841 bits per heavy atom. The predicted molar refractivity (Wildman–Crippen MR) is 168 cm³/mol. The van der Waals surface area contributed by atoms with Gasteiger partial charge in [-0.25, -0.2) is 19.4 Å². The highest BCUT2D eigenvalue weighted by molar-refractivity contribution is 5.99. The number of carbonyl (C=O) groups excluding carboxylic acids is 1. The molecular weight excluding hydrogens is 556 g/mol. The number of nitrogens with one attached hydrogen (secondary N) is 2. The zero-order valence-electron chi connectivity index (χ0n) is 24.3. The monoisotopic (exact) mass is 590 g/mol. The van der Waals surface area contributed by atoms with Crippen LogP contribution in [0.2, 0.25) is 0 Å². The molecule has 6 heterocycles. The van der Waals surface area contributed by atoms with E-state index >= 15 is 0 Å². The van der Waals surface area contributed by atoms with E-state index in [1.807, 2.05) is 48.9 Å². The van der Waals surface area contributed by atoms with Crippen LogP contribution in [0.15, 0.2) is 79.5 Å². The van der Waals surface area contributed by atoms with Gasteiger partial charge in [0.2, 0.25) is 0 Å². The third-order valence-corrected chi connectivity index (χ3v) is 8.10. The van der Waals surface area contributed by atoms with Crippen LogP contribution in [-0.2, 0) is 11.3 Å². The summed E-state index contributed by atoms with van der Waals surface area (Å²) in [4.78, 5) is 35.6. The van der Waals surface area contributed by atoms with E-state index < -0.39 is 0 Å². The van der Waals surface area contributed by atoms with Crippen molar-refractivity contribution < 1.29 is 9.53 Å². The van der Waals surface area contributed by atoms with Gasteiger partial charge in [-0.1, -0.05) is 6.07 Å². The molecule has 0 spiro atoms. The highest BCUT2D eigenvalue weighted by Gasteiger charge is 2.26. The lowest BCUT2D eigenvalue weighted by Gasteiger charge is -2.32. The molecule has 5 aromatic rings. The first-order valence-corrected chi connectivity index (χ1v) is 15.0. The van der Waals surface area contributed by atoms with E-state index in [1.54, 1.807) is 24.5 Å². The van der Waals surface area contributed by atoms with Gasteiger partial charge in [-0.3, -0.25) is 14.9 Å². The van der Waals surface area contributed by atoms with Crippen LogP contribution in [-0.4, -0.2) is 80.0 Å². The van der Waals surface area contributed by atoms with Gasteiger partial charge in [0.15, 0.2) is 11.5 Å². The van der Waals surface area contributed by atoms with Gasteiger partial charge < -0.3 is 20.3 Å². The molecule has 2 amide bonds. The summed E-state index contributed by atoms with van der Waals surface area (Å²) in [6, 6.07) is 15.2. The van der Waals surface area contributed by atoms with Gasteiger partial charge in [0.1, 0.15) is 5.82 Å². The zero-order valence-corrected chi connectivity index (χ0v) is 24.3. The maximum atomic E-state index is 12.5. The van der Waals surface area contributed by atoms with E-state index in [-0.39, 0.29) is 12.1 Å². The fourth-order valence-electron chi connectivity index (χ4n) is 5.83. The van der Waals surface area contributed by atoms with Crippen molar-refractivity contribution in [1.29, 1.82) is 0 Å². The van der Waals surface area contributed by atoms with Crippen LogP contribution in [0, 0.1) is 0 Å². The van der Waals surface area contributed by atoms with Crippen molar-refractivity contribution in [1.82, 2.24) is 34.6 Å². The molecule has 2 saturated heterocycles. The predicted octanol–water partition coefficient (Wildman–Crippen LogP) is 4.60. The van der Waals surface area contributed by atoms with Gasteiger partial charge in [0.05, 0.1) is 42.7 Å². The van der Waals surface area contributed by atoms with Crippen molar-refractivity contribution >= 4 is 34.3 Å². The van der Waals surface area contributed by atoms with Crippen molar-refractivity contribution in [3.63, 3.8) is 0 Å². The van der Waals surface area contributed by atoms with Crippen LogP contribution < -0.4 is 15.5 Å². The van der Waals surface area contributed by atoms with Crippen LogP contribution in [0.3, 0.4) is 0 Å². The number of aromatic nitrogens is 6. The molecule has 12 nitrogen and oxygen atoms in total. The van der Waals surface area contributed by atoms with E-state index in [0.717, 1.165) is 68.0 Å². The maximum Gasteiger partial charge on any atom is 0.323 e. The molecule has 2 aliphatic rings. The highest BCUT2D eigenvalue weighted by Crippen LogP contribution is 2.32. The van der Waals surface area contributed by atoms with Gasteiger partial charge in [0, 0.05) is 62.6 Å². The van der Waals surface area contributed by atoms with Gasteiger partial charge in [-0.2, -0.15) is 5.10 Å². The Balaban J connectivity index is 1.13. The summed E-state index contributed by atoms with van der Waals surface area (Å²) in [5, 5.41) is 11.5. The normalized spacial score (nSPS) is 16.2. The van der Waals surface area contributed by atoms with E-state index in [1.165, 1.54) is 5.56 Å². The Labute approximate surface area is 255 Å². The van der Waals surface area contributed by atoms with Gasteiger partial charge >= 0.3 is 6.03 Å². The Hall–Kier alpha value is -4.94. The smallest absolute Gasteiger partial charge is 0.323 e. The van der Waals surface area contributed by atoms with E-state index in [4.69, 9.17) is 19.8 Å². The molecule has 0 radical (unpaired) electrons. The standard InChI is InChI=1S/C32H34N10O2/c43-32(37-26-4-2-12-34-20-26)36-25-7-5-24(6-8-25)29-38-30(41-15-17-44-18-16-41)28-21-35-42(31(28)39-29)27-9-13-40(14-10-27)22-23-3-1-11-33-19-23/h1-8,11-12,19-21,27H,9-10,13-18,22H2,(H2,36,37,43). The number of hydrogen-bond acceptors (Lipinski definition) is 9. The van der Waals surface area contributed by atoms with E-state index in [9.17, 15) is 4.79 Å². The molecule has 2 aliphatic heterocycles. The lowest BCUT2D eigenvalue weighted by atomic mass is 10.0. The van der Waals surface area contributed by atoms with Crippen LogP contribution in [0.4, 0.5) is 22.0 Å². The zero-order chi connectivity index (χ0) is 29.7. The molecule has 0 saturated carbocycles. The average Bonchev–Trinajstić information content (AvgIpc) is 3.50. The number of fused-ring (bicyclic) bond motifs is 1. The van der Waals surface area contributed by atoms with Crippen molar-refractivity contribution in [2.45, 2.75) is 25.4 Å². The number of morpholine rings is 1. The summed E-state index contributed by atoms with van der Waals surface area (Å²) >= 11 is 0. The Morgan fingerprint density at radius 2 is 1.59 bits per heavy atom. The Morgan fingerprint density at radius 3 is 2.32 bits per heavy atom. The Kier molecular flexibility index (Phi) is 8.07. The lowest BCUT2D eigenvalue weighted by Crippen LogP contribution is -2.37. The third-order valence-electron chi connectivity index (χ3n) is 8.10. The number of urea groups is 1. The van der Waals surface area contributed by atoms with Crippen LogP contribution >= 0.6 is 0 Å². The molecule has 7 rings (SSSR count). The molecule has 2 fully saturated rings. The fourth-order valence-corrected chi connectivity index (χ4v) is 5.83. The molecule has 0 bridgehead atoms. The number of carbonyl (C=O) groups is 1. The quantitative estimate of drug-likeness (QED) is 0.280. The van der Waals surface area contributed by atoms with Crippen molar-refractivity contribution in [2.24, 2.45) is 0 Å². The van der Waals surface area contributed by atoms with Crippen LogP contribution in [0.1, 0.15) is 24.4 Å². The van der Waals surface area contributed by atoms with Gasteiger partial charge in [-0.15, -0.1) is 0 Å². The van der Waals surface area contributed by atoms with Crippen molar-refractivity contribution in [3.8, 4) is 11.4 Å². The molecule has 0 unspecified atom stereocenters. The molecule has 12 heteroatoms. The first-order chi connectivity index (χ1) is 21.7. The minimum atomic E-state index is -0.339. The second-order valence-corrected chi connectivity index (χ2v) is 11.1. The third kappa shape index (κ3) is 6.21. The van der Waals surface area contributed by atoms with Gasteiger partial charge in [-0.05, 0) is 60.9 Å². The number of hydrogen-bond donors (Lipinski definition) is 2. The highest BCUT2D eigenvalue weighted by atomic mass is 16.5. The summed E-state index contributed by atoms with van der Waals surface area (Å²) in [5.74, 6) is 1.51. The minimum Gasteiger partial charge on any atom is -0.378 e. The molecular formula is C32H34N10O2. The summed E-state index contributed by atoms with van der Waals surface area (Å²) in [6.07, 6.45) is 10.9. The largest absolute Gasteiger partial charge is 0.378 e. The molecule has 4 aromatic heterocycles. The SMILES string of the molecule is O=C(Nc1ccc(-c2nc(N3CCOCC3)c3cnn(C4CCN(Cc5cccnc5)CC4)c3n2)cc1)Nc1cccnc1. The minimum absolute atomic E-state index is 0.253. The average molecular weight is 591 g/mol. The lowest BCUT2D eigenvalue weighted by molar-refractivity contribution is 0.122. The molecule has 0 aliphatic carbocycles. The summed E-state index contributed by atoms with van der Waals surface area (Å²) in [7, 11) is 0. The number of anilines is 3. The van der Waals surface area contributed by atoms with Crippen molar-refractivity contribution in [3.05, 3.63) is 85.1 Å². The molecule has 2 N–H and O–H groups in total. The number of benzene rings is 1. The van der Waals surface area contributed by atoms with Gasteiger partial charge in [0.25, 0.3) is 0 Å². The van der Waals surface area contributed by atoms with Crippen molar-refractivity contribution in [2.75, 3.05) is 54.9 Å². The topological polar surface area (TPSA) is 126 Å². The summed E-state index contributed by atoms with van der Waals surface area (Å²) in [5.41, 5.74) is 4.22. The summed E-state index contributed by atoms with van der Waals surface area (Å²) < 4.78 is 7.73. The maximum absolute atomic E-state index is 12.5. The number of rotatable bonds is 7. The van der Waals surface area contributed by atoms with Crippen LogP contribution in [0.5, 0.6) is 0 Å².